The zero-order valence-electron chi connectivity index (χ0n) is 15.7. The largest absolute Gasteiger partial charge is 0.489 e. The number of ether oxygens (including phenoxy) is 1. The monoisotopic (exact) mass is 377 g/mol. The van der Waals surface area contributed by atoms with E-state index in [9.17, 15) is 4.39 Å². The third-order valence-electron chi connectivity index (χ3n) is 5.05. The smallest absolute Gasteiger partial charge is 0.123 e. The van der Waals surface area contributed by atoms with E-state index in [1.165, 1.54) is 11.6 Å². The summed E-state index contributed by atoms with van der Waals surface area (Å²) in [5, 5.41) is 3.42. The average Bonchev–Trinajstić information content (AvgIpc) is 2.74. The van der Waals surface area contributed by atoms with Crippen LogP contribution in [0, 0.1) is 5.82 Å². The lowest BCUT2D eigenvalue weighted by molar-refractivity contribution is 0.153. The van der Waals surface area contributed by atoms with Crippen LogP contribution in [0.1, 0.15) is 22.7 Å². The minimum atomic E-state index is -0.182. The molecule has 1 N–H and O–H groups in total. The van der Waals surface area contributed by atoms with Crippen molar-refractivity contribution >= 4 is 0 Å². The number of nitrogens with zero attached hydrogens (tertiary/aromatic N) is 2. The third-order valence-corrected chi connectivity index (χ3v) is 5.05. The molecule has 4 rings (SSSR count). The number of halogens is 1. The zero-order chi connectivity index (χ0) is 19.2. The van der Waals surface area contributed by atoms with Gasteiger partial charge < -0.3 is 10.1 Å². The van der Waals surface area contributed by atoms with Gasteiger partial charge in [0.25, 0.3) is 0 Å². The molecule has 2 heterocycles. The lowest BCUT2D eigenvalue weighted by Crippen LogP contribution is -2.45. The molecule has 4 nitrogen and oxygen atoms in total. The summed E-state index contributed by atoms with van der Waals surface area (Å²) < 4.78 is 19.5. The van der Waals surface area contributed by atoms with Gasteiger partial charge in [-0.2, -0.15) is 0 Å². The van der Waals surface area contributed by atoms with Gasteiger partial charge in [0.05, 0.1) is 0 Å². The Morgan fingerprint density at radius 1 is 1.04 bits per heavy atom. The maximum atomic E-state index is 13.7. The highest BCUT2D eigenvalue weighted by atomic mass is 19.1. The minimum absolute atomic E-state index is 0.173. The number of hydrogen-bond acceptors (Lipinski definition) is 4. The summed E-state index contributed by atoms with van der Waals surface area (Å²) in [6, 6.07) is 19.2. The maximum absolute atomic E-state index is 13.7. The van der Waals surface area contributed by atoms with Crippen LogP contribution >= 0.6 is 0 Å². The standard InChI is InChI=1S/C23H24FN3O/c24-21-3-1-2-20(14-21)23-15-26-12-13-27(23)16-18-4-6-22(7-5-18)28-17-19-8-10-25-11-9-19/h1-11,14,23,26H,12-13,15-17H2. The van der Waals surface area contributed by atoms with Gasteiger partial charge in [-0.1, -0.05) is 24.3 Å². The summed E-state index contributed by atoms with van der Waals surface area (Å²) in [5.41, 5.74) is 3.34. The Morgan fingerprint density at radius 3 is 2.64 bits per heavy atom. The lowest BCUT2D eigenvalue weighted by Gasteiger charge is -2.36. The molecule has 1 aliphatic rings. The molecule has 0 amide bonds. The zero-order valence-corrected chi connectivity index (χ0v) is 15.7. The normalized spacial score (nSPS) is 17.4. The molecule has 1 unspecified atom stereocenters. The SMILES string of the molecule is Fc1cccc(C2CNCCN2Cc2ccc(OCc3ccncc3)cc2)c1. The van der Waals surface area contributed by atoms with Crippen molar-refractivity contribution in [2.75, 3.05) is 19.6 Å². The van der Waals surface area contributed by atoms with E-state index in [1.807, 2.05) is 30.3 Å². The molecule has 0 aliphatic carbocycles. The molecule has 144 valence electrons. The quantitative estimate of drug-likeness (QED) is 0.706. The van der Waals surface area contributed by atoms with Gasteiger partial charge in [0.1, 0.15) is 18.2 Å². The van der Waals surface area contributed by atoms with Gasteiger partial charge >= 0.3 is 0 Å². The Labute approximate surface area is 165 Å². The van der Waals surface area contributed by atoms with Gasteiger partial charge in [0.15, 0.2) is 0 Å². The second kappa shape index (κ2) is 8.95. The highest BCUT2D eigenvalue weighted by Crippen LogP contribution is 2.25. The van der Waals surface area contributed by atoms with Gasteiger partial charge in [-0.05, 0) is 53.1 Å². The van der Waals surface area contributed by atoms with Crippen LogP contribution in [0.5, 0.6) is 5.75 Å². The number of aromatic nitrogens is 1. The number of hydrogen-bond donors (Lipinski definition) is 1. The topological polar surface area (TPSA) is 37.4 Å². The van der Waals surface area contributed by atoms with Crippen LogP contribution in [0.15, 0.2) is 73.1 Å². The fraction of sp³-hybridized carbons (Fsp3) is 0.261. The van der Waals surface area contributed by atoms with Crippen LogP contribution < -0.4 is 10.1 Å². The van der Waals surface area contributed by atoms with E-state index in [1.54, 1.807) is 24.5 Å². The number of nitrogens with one attached hydrogen (secondary N) is 1. The number of rotatable bonds is 6. The molecular weight excluding hydrogens is 353 g/mol. The summed E-state index contributed by atoms with van der Waals surface area (Å²) in [6.07, 6.45) is 3.54. The molecule has 1 aromatic heterocycles. The summed E-state index contributed by atoms with van der Waals surface area (Å²) in [6.45, 7) is 4.06. The van der Waals surface area contributed by atoms with Crippen molar-refractivity contribution in [3.8, 4) is 5.75 Å². The van der Waals surface area contributed by atoms with Crippen molar-refractivity contribution < 1.29 is 9.13 Å². The van der Waals surface area contributed by atoms with Gasteiger partial charge in [0.2, 0.25) is 0 Å². The van der Waals surface area contributed by atoms with Crippen molar-refractivity contribution in [3.05, 3.63) is 95.6 Å². The number of benzene rings is 2. The van der Waals surface area contributed by atoms with Crippen molar-refractivity contribution in [2.45, 2.75) is 19.2 Å². The van der Waals surface area contributed by atoms with Crippen LogP contribution in [0.25, 0.3) is 0 Å². The lowest BCUT2D eigenvalue weighted by atomic mass is 10.0. The molecule has 28 heavy (non-hydrogen) atoms. The molecule has 1 aliphatic heterocycles. The molecule has 5 heteroatoms. The van der Waals surface area contributed by atoms with Crippen LogP contribution in [0.3, 0.4) is 0 Å². The molecular formula is C23H24FN3O. The van der Waals surface area contributed by atoms with Gasteiger partial charge in [0, 0.05) is 44.6 Å². The number of piperazine rings is 1. The molecule has 0 saturated carbocycles. The molecule has 0 spiro atoms. The van der Waals surface area contributed by atoms with Gasteiger partial charge in [-0.25, -0.2) is 4.39 Å². The Hall–Kier alpha value is -2.76. The van der Waals surface area contributed by atoms with Crippen LogP contribution in [-0.2, 0) is 13.2 Å². The van der Waals surface area contributed by atoms with Crippen molar-refractivity contribution in [1.82, 2.24) is 15.2 Å². The molecule has 1 saturated heterocycles. The van der Waals surface area contributed by atoms with Crippen LogP contribution in [0.4, 0.5) is 4.39 Å². The molecule has 1 atom stereocenters. The Kier molecular flexibility index (Phi) is 5.95. The fourth-order valence-electron chi connectivity index (χ4n) is 3.55. The molecule has 3 aromatic rings. The van der Waals surface area contributed by atoms with E-state index < -0.39 is 0 Å². The highest BCUT2D eigenvalue weighted by Gasteiger charge is 2.24. The Balaban J connectivity index is 1.39. The third kappa shape index (κ3) is 4.74. The van der Waals surface area contributed by atoms with E-state index in [4.69, 9.17) is 4.74 Å². The first-order chi connectivity index (χ1) is 13.8. The Morgan fingerprint density at radius 2 is 1.86 bits per heavy atom. The summed E-state index contributed by atoms with van der Waals surface area (Å²) in [4.78, 5) is 6.42. The predicted molar refractivity (Wildman–Crippen MR) is 107 cm³/mol. The van der Waals surface area contributed by atoms with E-state index in [2.05, 4.69) is 27.3 Å². The first kappa shape index (κ1) is 18.6. The number of pyridine rings is 1. The van der Waals surface area contributed by atoms with Crippen molar-refractivity contribution in [2.24, 2.45) is 0 Å². The summed E-state index contributed by atoms with van der Waals surface area (Å²) in [7, 11) is 0. The molecule has 1 fully saturated rings. The molecule has 0 radical (unpaired) electrons. The first-order valence-corrected chi connectivity index (χ1v) is 9.59. The van der Waals surface area contributed by atoms with E-state index >= 15 is 0 Å². The second-order valence-corrected chi connectivity index (χ2v) is 7.03. The molecule has 0 bridgehead atoms. The highest BCUT2D eigenvalue weighted by molar-refractivity contribution is 5.28. The summed E-state index contributed by atoms with van der Waals surface area (Å²) >= 11 is 0. The molecule has 2 aromatic carbocycles. The Bertz CT molecular complexity index is 886. The second-order valence-electron chi connectivity index (χ2n) is 7.03. The van der Waals surface area contributed by atoms with E-state index in [-0.39, 0.29) is 11.9 Å². The van der Waals surface area contributed by atoms with Crippen LogP contribution in [0.2, 0.25) is 0 Å². The van der Waals surface area contributed by atoms with Crippen molar-refractivity contribution in [1.29, 1.82) is 0 Å². The average molecular weight is 377 g/mol. The van der Waals surface area contributed by atoms with Crippen LogP contribution in [-0.4, -0.2) is 29.5 Å². The minimum Gasteiger partial charge on any atom is -0.489 e. The van der Waals surface area contributed by atoms with Gasteiger partial charge in [-0.3, -0.25) is 9.88 Å². The maximum Gasteiger partial charge on any atom is 0.123 e. The summed E-state index contributed by atoms with van der Waals surface area (Å²) in [5.74, 6) is 0.668. The van der Waals surface area contributed by atoms with E-state index in [0.29, 0.717) is 6.61 Å². The van der Waals surface area contributed by atoms with Crippen molar-refractivity contribution in [3.63, 3.8) is 0 Å². The first-order valence-electron chi connectivity index (χ1n) is 9.59. The predicted octanol–water partition coefficient (Wildman–Crippen LogP) is 3.95. The van der Waals surface area contributed by atoms with Gasteiger partial charge in [-0.15, -0.1) is 0 Å². The fourth-order valence-corrected chi connectivity index (χ4v) is 3.55. The van der Waals surface area contributed by atoms with E-state index in [0.717, 1.165) is 43.1 Å².